The van der Waals surface area contributed by atoms with Crippen molar-refractivity contribution in [1.82, 2.24) is 9.80 Å². The van der Waals surface area contributed by atoms with Gasteiger partial charge in [-0.3, -0.25) is 14.6 Å². The second-order valence-corrected chi connectivity index (χ2v) is 10.3. The van der Waals surface area contributed by atoms with Crippen LogP contribution in [-0.4, -0.2) is 80.0 Å². The lowest BCUT2D eigenvalue weighted by Crippen LogP contribution is -2.57. The molecular formula is C27H42N8O. The molecule has 2 saturated heterocycles. The molecule has 0 saturated carbocycles. The number of anilines is 6. The smallest absolute Gasteiger partial charge is 0.166 e. The summed E-state index contributed by atoms with van der Waals surface area (Å²) < 4.78 is 0. The number of rotatable bonds is 6. The minimum Gasteiger partial charge on any atom is -0.397 e. The predicted molar refractivity (Wildman–Crippen MR) is 152 cm³/mol. The quantitative estimate of drug-likeness (QED) is 0.444. The summed E-state index contributed by atoms with van der Waals surface area (Å²) in [6.07, 6.45) is 0. The standard InChI is InChI=1S/C27H42N8O/c1-17-13-21(15-23(28)25(17)30)34-9-5-32(6-10-34)19(3)27(36)20(4)33-7-11-35(12-8-33)22-14-18(2)26(31)24(29)16-22/h13-16,19-20H,5-12,28-31H2,1-4H3. The highest BCUT2D eigenvalue weighted by Crippen LogP contribution is 2.29. The van der Waals surface area contributed by atoms with Crippen molar-refractivity contribution in [2.75, 3.05) is 85.1 Å². The van der Waals surface area contributed by atoms with Gasteiger partial charge in [0.25, 0.3) is 0 Å². The highest BCUT2D eigenvalue weighted by atomic mass is 16.1. The highest BCUT2D eigenvalue weighted by Gasteiger charge is 2.32. The van der Waals surface area contributed by atoms with Crippen molar-refractivity contribution in [1.29, 1.82) is 0 Å². The molecule has 0 bridgehead atoms. The van der Waals surface area contributed by atoms with Gasteiger partial charge in [0.1, 0.15) is 0 Å². The summed E-state index contributed by atoms with van der Waals surface area (Å²) in [5.74, 6) is 0.289. The predicted octanol–water partition coefficient (Wildman–Crippen LogP) is 1.92. The Morgan fingerprint density at radius 2 is 0.972 bits per heavy atom. The summed E-state index contributed by atoms with van der Waals surface area (Å²) in [4.78, 5) is 22.7. The maximum atomic E-state index is 13.4. The molecule has 2 atom stereocenters. The normalized spacial score (nSPS) is 19.3. The lowest BCUT2D eigenvalue weighted by Gasteiger charge is -2.42. The largest absolute Gasteiger partial charge is 0.397 e. The minimum absolute atomic E-state index is 0.113. The summed E-state index contributed by atoms with van der Waals surface area (Å²) in [6.45, 7) is 14.9. The molecule has 4 rings (SSSR count). The molecule has 2 unspecified atom stereocenters. The molecule has 0 radical (unpaired) electrons. The molecule has 0 spiro atoms. The summed E-state index contributed by atoms with van der Waals surface area (Å²) in [5.41, 5.74) is 30.9. The molecule has 2 fully saturated rings. The van der Waals surface area contributed by atoms with E-state index in [9.17, 15) is 4.79 Å². The van der Waals surface area contributed by atoms with Gasteiger partial charge in [0.2, 0.25) is 0 Å². The Balaban J connectivity index is 1.30. The summed E-state index contributed by atoms with van der Waals surface area (Å²) in [5, 5.41) is 0. The van der Waals surface area contributed by atoms with Gasteiger partial charge in [-0.1, -0.05) is 0 Å². The van der Waals surface area contributed by atoms with Crippen molar-refractivity contribution in [3.63, 3.8) is 0 Å². The molecular weight excluding hydrogens is 452 g/mol. The maximum absolute atomic E-state index is 13.4. The Bertz CT molecular complexity index is 971. The number of nitrogens with zero attached hydrogens (tertiary/aromatic N) is 4. The summed E-state index contributed by atoms with van der Waals surface area (Å²) >= 11 is 0. The topological polar surface area (TPSA) is 134 Å². The number of hydrogen-bond acceptors (Lipinski definition) is 9. The molecule has 8 N–H and O–H groups in total. The lowest BCUT2D eigenvalue weighted by atomic mass is 10.0. The fraction of sp³-hybridized carbons (Fsp3) is 0.519. The monoisotopic (exact) mass is 494 g/mol. The number of benzene rings is 2. The minimum atomic E-state index is -0.113. The van der Waals surface area contributed by atoms with Crippen molar-refractivity contribution < 1.29 is 4.79 Å². The Morgan fingerprint density at radius 1 is 0.639 bits per heavy atom. The Morgan fingerprint density at radius 3 is 1.28 bits per heavy atom. The van der Waals surface area contributed by atoms with Crippen LogP contribution in [0.5, 0.6) is 0 Å². The molecule has 2 heterocycles. The van der Waals surface area contributed by atoms with E-state index in [1.807, 2.05) is 26.0 Å². The maximum Gasteiger partial charge on any atom is 0.166 e. The number of nitrogens with two attached hydrogens (primary N) is 4. The molecule has 9 heteroatoms. The van der Waals surface area contributed by atoms with Crippen molar-refractivity contribution in [2.24, 2.45) is 0 Å². The average Bonchev–Trinajstić information content (AvgIpc) is 2.88. The zero-order valence-corrected chi connectivity index (χ0v) is 22.1. The van der Waals surface area contributed by atoms with Gasteiger partial charge >= 0.3 is 0 Å². The van der Waals surface area contributed by atoms with Crippen LogP contribution in [0.25, 0.3) is 0 Å². The number of hydrogen-bond donors (Lipinski definition) is 4. The van der Waals surface area contributed by atoms with Crippen LogP contribution in [0.1, 0.15) is 25.0 Å². The first-order chi connectivity index (χ1) is 17.1. The van der Waals surface area contributed by atoms with E-state index in [0.717, 1.165) is 74.9 Å². The van der Waals surface area contributed by atoms with Crippen LogP contribution < -0.4 is 32.7 Å². The Kier molecular flexibility index (Phi) is 7.51. The Hall–Kier alpha value is -3.17. The van der Waals surface area contributed by atoms with Gasteiger partial charge in [-0.05, 0) is 63.1 Å². The Labute approximate surface area is 215 Å². The first-order valence-electron chi connectivity index (χ1n) is 12.9. The van der Waals surface area contributed by atoms with Gasteiger partial charge in [0, 0.05) is 63.7 Å². The average molecular weight is 495 g/mol. The van der Waals surface area contributed by atoms with E-state index in [4.69, 9.17) is 22.9 Å². The number of carbonyl (C=O) groups excluding carboxylic acids is 1. The number of aryl methyl sites for hydroxylation is 2. The van der Waals surface area contributed by atoms with Crippen molar-refractivity contribution >= 4 is 39.9 Å². The summed E-state index contributed by atoms with van der Waals surface area (Å²) in [6, 6.07) is 7.87. The van der Waals surface area contributed by atoms with Crippen LogP contribution in [0.4, 0.5) is 34.1 Å². The van der Waals surface area contributed by atoms with E-state index >= 15 is 0 Å². The van der Waals surface area contributed by atoms with E-state index in [1.54, 1.807) is 0 Å². The van der Waals surface area contributed by atoms with Gasteiger partial charge in [-0.2, -0.15) is 0 Å². The number of piperazine rings is 2. The van der Waals surface area contributed by atoms with Gasteiger partial charge in [-0.25, -0.2) is 0 Å². The van der Waals surface area contributed by atoms with Gasteiger partial charge in [0.05, 0.1) is 34.8 Å². The number of carbonyl (C=O) groups is 1. The fourth-order valence-corrected chi connectivity index (χ4v) is 5.42. The second-order valence-electron chi connectivity index (χ2n) is 10.3. The second kappa shape index (κ2) is 10.4. The van der Waals surface area contributed by atoms with Crippen LogP contribution in [-0.2, 0) is 4.79 Å². The molecule has 9 nitrogen and oxygen atoms in total. The molecule has 36 heavy (non-hydrogen) atoms. The van der Waals surface area contributed by atoms with Gasteiger partial charge in [0.15, 0.2) is 5.78 Å². The zero-order valence-electron chi connectivity index (χ0n) is 22.1. The van der Waals surface area contributed by atoms with Crippen LogP contribution >= 0.6 is 0 Å². The number of nitrogen functional groups attached to an aromatic ring is 4. The van der Waals surface area contributed by atoms with E-state index in [-0.39, 0.29) is 17.9 Å². The van der Waals surface area contributed by atoms with Gasteiger partial charge in [-0.15, -0.1) is 0 Å². The fourth-order valence-electron chi connectivity index (χ4n) is 5.42. The van der Waals surface area contributed by atoms with Crippen LogP contribution in [0.15, 0.2) is 24.3 Å². The molecule has 0 aliphatic carbocycles. The van der Waals surface area contributed by atoms with Crippen molar-refractivity contribution in [2.45, 2.75) is 39.8 Å². The molecule has 2 aliphatic rings. The third-order valence-corrected chi connectivity index (χ3v) is 8.09. The van der Waals surface area contributed by atoms with Crippen molar-refractivity contribution in [3.05, 3.63) is 35.4 Å². The highest BCUT2D eigenvalue weighted by molar-refractivity contribution is 5.88. The molecule has 0 aromatic heterocycles. The molecule has 2 aromatic carbocycles. The molecule has 2 aromatic rings. The van der Waals surface area contributed by atoms with Crippen LogP contribution in [0, 0.1) is 13.8 Å². The van der Waals surface area contributed by atoms with Gasteiger partial charge < -0.3 is 32.7 Å². The SMILES string of the molecule is Cc1cc(N2CCN(C(C)C(=O)C(C)N3CCN(c4cc(C)c(N)c(N)c4)CC3)CC2)cc(N)c1N. The van der Waals surface area contributed by atoms with E-state index in [2.05, 4.69) is 45.6 Å². The molecule has 0 amide bonds. The molecule has 196 valence electrons. The van der Waals surface area contributed by atoms with E-state index in [1.165, 1.54) is 0 Å². The van der Waals surface area contributed by atoms with E-state index in [0.29, 0.717) is 22.7 Å². The third-order valence-electron chi connectivity index (χ3n) is 8.09. The lowest BCUT2D eigenvalue weighted by molar-refractivity contribution is -0.128. The first kappa shape index (κ1) is 25.9. The number of Topliss-reactive ketones (excluding diaryl/α,β-unsaturated/α-hetero) is 1. The number of ketones is 1. The summed E-state index contributed by atoms with van der Waals surface area (Å²) in [7, 11) is 0. The third kappa shape index (κ3) is 5.17. The van der Waals surface area contributed by atoms with Crippen molar-refractivity contribution in [3.8, 4) is 0 Å². The van der Waals surface area contributed by atoms with Crippen LogP contribution in [0.2, 0.25) is 0 Å². The zero-order chi connectivity index (χ0) is 26.1. The molecule has 2 aliphatic heterocycles. The first-order valence-corrected chi connectivity index (χ1v) is 12.9. The van der Waals surface area contributed by atoms with Crippen LogP contribution in [0.3, 0.4) is 0 Å². The van der Waals surface area contributed by atoms with E-state index < -0.39 is 0 Å².